The van der Waals surface area contributed by atoms with Gasteiger partial charge in [-0.15, -0.1) is 0 Å². The molecule has 1 aromatic carbocycles. The van der Waals surface area contributed by atoms with Crippen LogP contribution in [-0.2, 0) is 0 Å². The molecule has 1 unspecified atom stereocenters. The van der Waals surface area contributed by atoms with E-state index in [2.05, 4.69) is 5.32 Å². The Morgan fingerprint density at radius 2 is 1.90 bits per heavy atom. The van der Waals surface area contributed by atoms with E-state index in [9.17, 15) is 13.2 Å². The quantitative estimate of drug-likeness (QED) is 0.703. The van der Waals surface area contributed by atoms with E-state index in [1.807, 2.05) is 38.1 Å². The zero-order chi connectivity index (χ0) is 15.7. The first kappa shape index (κ1) is 17.8. The molecule has 1 atom stereocenters. The van der Waals surface area contributed by atoms with Crippen molar-refractivity contribution in [1.82, 2.24) is 5.32 Å². The van der Waals surface area contributed by atoms with Crippen LogP contribution >= 0.6 is 0 Å². The molecule has 1 rings (SSSR count). The van der Waals surface area contributed by atoms with Gasteiger partial charge in [0.15, 0.2) is 0 Å². The van der Waals surface area contributed by atoms with Gasteiger partial charge in [-0.25, -0.2) is 0 Å². The summed E-state index contributed by atoms with van der Waals surface area (Å²) in [4.78, 5) is 0. The molecular formula is C16H24F3NO. The van der Waals surface area contributed by atoms with Gasteiger partial charge in [0.1, 0.15) is 5.75 Å². The molecule has 0 aliphatic rings. The maximum atomic E-state index is 12.3. The van der Waals surface area contributed by atoms with Crippen molar-refractivity contribution in [2.24, 2.45) is 0 Å². The number of halogens is 3. The predicted molar refractivity (Wildman–Crippen MR) is 78.6 cm³/mol. The van der Waals surface area contributed by atoms with Gasteiger partial charge in [-0.1, -0.05) is 25.1 Å². The highest BCUT2D eigenvalue weighted by molar-refractivity contribution is 5.36. The molecule has 0 radical (unpaired) electrons. The molecule has 0 amide bonds. The molecule has 0 fully saturated rings. The van der Waals surface area contributed by atoms with Crippen LogP contribution in [0.4, 0.5) is 13.2 Å². The van der Waals surface area contributed by atoms with Crippen molar-refractivity contribution < 1.29 is 17.9 Å². The predicted octanol–water partition coefficient (Wildman–Crippen LogP) is 4.86. The minimum absolute atomic E-state index is 0.102. The van der Waals surface area contributed by atoms with Gasteiger partial charge in [0.25, 0.3) is 0 Å². The van der Waals surface area contributed by atoms with Crippen LogP contribution < -0.4 is 10.1 Å². The molecule has 120 valence electrons. The second-order valence-electron chi connectivity index (χ2n) is 4.98. The molecule has 21 heavy (non-hydrogen) atoms. The van der Waals surface area contributed by atoms with Crippen molar-refractivity contribution in [1.29, 1.82) is 0 Å². The number of para-hydroxylation sites is 1. The lowest BCUT2D eigenvalue weighted by Gasteiger charge is -2.22. The molecular weight excluding hydrogens is 279 g/mol. The maximum absolute atomic E-state index is 12.3. The van der Waals surface area contributed by atoms with Crippen molar-refractivity contribution in [3.05, 3.63) is 29.8 Å². The fraction of sp³-hybridized carbons (Fsp3) is 0.625. The first-order chi connectivity index (χ1) is 9.98. The number of hydrogen-bond donors (Lipinski definition) is 1. The second kappa shape index (κ2) is 8.93. The lowest BCUT2D eigenvalue weighted by Crippen LogP contribution is -2.23. The van der Waals surface area contributed by atoms with Gasteiger partial charge in [-0.2, -0.15) is 13.2 Å². The monoisotopic (exact) mass is 303 g/mol. The van der Waals surface area contributed by atoms with E-state index in [-0.39, 0.29) is 12.5 Å². The van der Waals surface area contributed by atoms with Crippen LogP contribution in [0.25, 0.3) is 0 Å². The van der Waals surface area contributed by atoms with Gasteiger partial charge in [0.2, 0.25) is 0 Å². The molecule has 1 N–H and O–H groups in total. The smallest absolute Gasteiger partial charge is 0.389 e. The third-order valence-electron chi connectivity index (χ3n) is 3.19. The highest BCUT2D eigenvalue weighted by Gasteiger charge is 2.27. The number of alkyl halides is 3. The van der Waals surface area contributed by atoms with Crippen LogP contribution in [-0.4, -0.2) is 19.3 Å². The molecule has 0 aliphatic heterocycles. The molecule has 0 heterocycles. The van der Waals surface area contributed by atoms with Crippen molar-refractivity contribution in [2.75, 3.05) is 13.2 Å². The molecule has 1 aromatic rings. The van der Waals surface area contributed by atoms with E-state index < -0.39 is 12.6 Å². The first-order valence-electron chi connectivity index (χ1n) is 7.49. The number of hydrogen-bond acceptors (Lipinski definition) is 2. The standard InChI is InChI=1S/C16H24F3NO/c1-3-12-20-14(9-7-11-16(17,18)19)13-8-5-6-10-15(13)21-4-2/h5-6,8,10,14,20H,3-4,7,9,11-12H2,1-2H3. The fourth-order valence-electron chi connectivity index (χ4n) is 2.25. The third kappa shape index (κ3) is 6.85. The lowest BCUT2D eigenvalue weighted by atomic mass is 9.99. The number of benzene rings is 1. The Morgan fingerprint density at radius 1 is 1.19 bits per heavy atom. The summed E-state index contributed by atoms with van der Waals surface area (Å²) >= 11 is 0. The Labute approximate surface area is 124 Å². The highest BCUT2D eigenvalue weighted by Crippen LogP contribution is 2.31. The molecule has 0 saturated heterocycles. The van der Waals surface area contributed by atoms with Crippen LogP contribution in [0.5, 0.6) is 5.75 Å². The molecule has 0 aliphatic carbocycles. The van der Waals surface area contributed by atoms with E-state index in [0.29, 0.717) is 13.0 Å². The number of nitrogens with one attached hydrogen (secondary N) is 1. The average molecular weight is 303 g/mol. The first-order valence-corrected chi connectivity index (χ1v) is 7.49. The minimum atomic E-state index is -4.09. The van der Waals surface area contributed by atoms with Crippen LogP contribution in [0.1, 0.15) is 51.1 Å². The normalized spacial score (nSPS) is 13.2. The fourth-order valence-corrected chi connectivity index (χ4v) is 2.25. The zero-order valence-corrected chi connectivity index (χ0v) is 12.7. The van der Waals surface area contributed by atoms with E-state index in [1.165, 1.54) is 0 Å². The maximum Gasteiger partial charge on any atom is 0.389 e. The van der Waals surface area contributed by atoms with Gasteiger partial charge in [0, 0.05) is 18.0 Å². The van der Waals surface area contributed by atoms with Crippen LogP contribution in [0, 0.1) is 0 Å². The Morgan fingerprint density at radius 3 is 2.52 bits per heavy atom. The second-order valence-corrected chi connectivity index (χ2v) is 4.98. The van der Waals surface area contributed by atoms with Crippen molar-refractivity contribution >= 4 is 0 Å². The summed E-state index contributed by atoms with van der Waals surface area (Å²) in [7, 11) is 0. The SMILES string of the molecule is CCCNC(CCCC(F)(F)F)c1ccccc1OCC. The van der Waals surface area contributed by atoms with Crippen molar-refractivity contribution in [3.8, 4) is 5.75 Å². The number of rotatable bonds is 9. The summed E-state index contributed by atoms with van der Waals surface area (Å²) in [5.41, 5.74) is 0.940. The molecule has 5 heteroatoms. The summed E-state index contributed by atoms with van der Waals surface area (Å²) < 4.78 is 42.5. The van der Waals surface area contributed by atoms with E-state index in [0.717, 1.165) is 24.3 Å². The largest absolute Gasteiger partial charge is 0.494 e. The molecule has 0 bridgehead atoms. The molecule has 0 spiro atoms. The number of ether oxygens (including phenoxy) is 1. The molecule has 0 saturated carbocycles. The lowest BCUT2D eigenvalue weighted by molar-refractivity contribution is -0.135. The van der Waals surface area contributed by atoms with Gasteiger partial charge in [-0.3, -0.25) is 0 Å². The topological polar surface area (TPSA) is 21.3 Å². The summed E-state index contributed by atoms with van der Waals surface area (Å²) in [6, 6.07) is 7.45. The van der Waals surface area contributed by atoms with Gasteiger partial charge in [0.05, 0.1) is 6.61 Å². The summed E-state index contributed by atoms with van der Waals surface area (Å²) in [5, 5.41) is 3.32. The van der Waals surface area contributed by atoms with E-state index >= 15 is 0 Å². The average Bonchev–Trinajstić information content (AvgIpc) is 2.42. The molecule has 0 aromatic heterocycles. The van der Waals surface area contributed by atoms with Crippen molar-refractivity contribution in [3.63, 3.8) is 0 Å². The molecule has 2 nitrogen and oxygen atoms in total. The van der Waals surface area contributed by atoms with E-state index in [4.69, 9.17) is 4.74 Å². The highest BCUT2D eigenvalue weighted by atomic mass is 19.4. The zero-order valence-electron chi connectivity index (χ0n) is 12.7. The van der Waals surface area contributed by atoms with Gasteiger partial charge in [-0.05, 0) is 38.8 Å². The Hall–Kier alpha value is -1.23. The Balaban J connectivity index is 2.76. The minimum Gasteiger partial charge on any atom is -0.494 e. The van der Waals surface area contributed by atoms with Gasteiger partial charge < -0.3 is 10.1 Å². The van der Waals surface area contributed by atoms with Crippen molar-refractivity contribution in [2.45, 2.75) is 51.7 Å². The van der Waals surface area contributed by atoms with E-state index in [1.54, 1.807) is 0 Å². The third-order valence-corrected chi connectivity index (χ3v) is 3.19. The summed E-state index contributed by atoms with van der Waals surface area (Å²) in [6.07, 6.45) is -3.33. The summed E-state index contributed by atoms with van der Waals surface area (Å²) in [6.45, 7) is 5.25. The Bertz CT molecular complexity index is 407. The Kier molecular flexibility index (Phi) is 7.57. The summed E-state index contributed by atoms with van der Waals surface area (Å²) in [5.74, 6) is 0.751. The van der Waals surface area contributed by atoms with Crippen LogP contribution in [0.2, 0.25) is 0 Å². The van der Waals surface area contributed by atoms with Gasteiger partial charge >= 0.3 is 6.18 Å². The van der Waals surface area contributed by atoms with Crippen LogP contribution in [0.15, 0.2) is 24.3 Å². The van der Waals surface area contributed by atoms with Crippen LogP contribution in [0.3, 0.4) is 0 Å².